The zero-order valence-electron chi connectivity index (χ0n) is 11.7. The Bertz CT molecular complexity index is 546. The molecule has 0 aliphatic rings. The van der Waals surface area contributed by atoms with Crippen LogP contribution in [0.3, 0.4) is 0 Å². The predicted molar refractivity (Wildman–Crippen MR) is 90.6 cm³/mol. The lowest BCUT2D eigenvalue weighted by molar-refractivity contribution is 0.627. The summed E-state index contributed by atoms with van der Waals surface area (Å²) in [5.74, 6) is 0. The number of halogens is 1. The van der Waals surface area contributed by atoms with E-state index in [1.807, 2.05) is 0 Å². The van der Waals surface area contributed by atoms with Crippen LogP contribution in [-0.4, -0.2) is 6.54 Å². The topological polar surface area (TPSA) is 12.0 Å². The Labute approximate surface area is 129 Å². The Balaban J connectivity index is 2.45. The number of aryl methyl sites for hydroxylation is 1. The van der Waals surface area contributed by atoms with E-state index in [9.17, 15) is 0 Å². The highest BCUT2D eigenvalue weighted by atomic mass is 127. The lowest BCUT2D eigenvalue weighted by Crippen LogP contribution is -2.23. The minimum absolute atomic E-state index is 0.280. The maximum atomic E-state index is 3.60. The Kier molecular flexibility index (Phi) is 4.99. The lowest BCUT2D eigenvalue weighted by atomic mass is 9.93. The fourth-order valence-electron chi connectivity index (χ4n) is 2.35. The molecule has 19 heavy (non-hydrogen) atoms. The Morgan fingerprint density at radius 1 is 1.05 bits per heavy atom. The molecule has 0 radical (unpaired) electrons. The van der Waals surface area contributed by atoms with E-state index in [1.165, 1.54) is 25.8 Å². The van der Waals surface area contributed by atoms with Gasteiger partial charge in [0.05, 0.1) is 6.04 Å². The van der Waals surface area contributed by atoms with Crippen molar-refractivity contribution in [2.45, 2.75) is 26.8 Å². The molecule has 2 rings (SSSR count). The molecule has 0 aromatic heterocycles. The van der Waals surface area contributed by atoms with E-state index in [4.69, 9.17) is 0 Å². The van der Waals surface area contributed by atoms with Crippen LogP contribution in [0.2, 0.25) is 0 Å². The molecule has 0 fully saturated rings. The molecular formula is C17H20IN. The molecular weight excluding hydrogens is 345 g/mol. The van der Waals surface area contributed by atoms with Crippen molar-refractivity contribution < 1.29 is 0 Å². The summed E-state index contributed by atoms with van der Waals surface area (Å²) in [7, 11) is 0. The summed E-state index contributed by atoms with van der Waals surface area (Å²) < 4.78 is 1.28. The quantitative estimate of drug-likeness (QED) is 0.781. The van der Waals surface area contributed by atoms with Gasteiger partial charge in [0.15, 0.2) is 0 Å². The SMILES string of the molecule is CCNC(c1ccc(I)cc1)c1cccc(C)c1C. The first-order valence-corrected chi connectivity index (χ1v) is 7.76. The molecule has 1 nitrogen and oxygen atoms in total. The molecule has 1 atom stereocenters. The van der Waals surface area contributed by atoms with Gasteiger partial charge in [-0.2, -0.15) is 0 Å². The molecule has 0 saturated heterocycles. The number of hydrogen-bond acceptors (Lipinski definition) is 1. The molecule has 2 heteroatoms. The minimum Gasteiger partial charge on any atom is -0.307 e. The van der Waals surface area contributed by atoms with Crippen molar-refractivity contribution in [3.8, 4) is 0 Å². The highest BCUT2D eigenvalue weighted by Gasteiger charge is 2.15. The molecule has 100 valence electrons. The number of rotatable bonds is 4. The highest BCUT2D eigenvalue weighted by molar-refractivity contribution is 14.1. The predicted octanol–water partition coefficient (Wildman–Crippen LogP) is 4.61. The molecule has 0 heterocycles. The average Bonchev–Trinajstić information content (AvgIpc) is 2.41. The van der Waals surface area contributed by atoms with Crippen molar-refractivity contribution in [2.75, 3.05) is 6.54 Å². The van der Waals surface area contributed by atoms with Crippen LogP contribution in [0.25, 0.3) is 0 Å². The van der Waals surface area contributed by atoms with E-state index < -0.39 is 0 Å². The molecule has 0 aliphatic heterocycles. The van der Waals surface area contributed by atoms with Gasteiger partial charge in [-0.15, -0.1) is 0 Å². The number of benzene rings is 2. The van der Waals surface area contributed by atoms with Crippen molar-refractivity contribution >= 4 is 22.6 Å². The van der Waals surface area contributed by atoms with Crippen LogP contribution in [0.4, 0.5) is 0 Å². The maximum absolute atomic E-state index is 3.60. The molecule has 1 unspecified atom stereocenters. The molecule has 0 aliphatic carbocycles. The van der Waals surface area contributed by atoms with Crippen LogP contribution in [0.5, 0.6) is 0 Å². The lowest BCUT2D eigenvalue weighted by Gasteiger charge is -2.22. The molecule has 1 N–H and O–H groups in total. The Hall–Kier alpha value is -0.870. The zero-order valence-corrected chi connectivity index (χ0v) is 13.9. The summed E-state index contributed by atoms with van der Waals surface area (Å²) in [6.45, 7) is 7.51. The van der Waals surface area contributed by atoms with Gasteiger partial charge in [-0.1, -0.05) is 37.3 Å². The first kappa shape index (κ1) is 14.5. The fourth-order valence-corrected chi connectivity index (χ4v) is 2.71. The summed E-state index contributed by atoms with van der Waals surface area (Å²) in [5.41, 5.74) is 5.44. The summed E-state index contributed by atoms with van der Waals surface area (Å²) in [5, 5.41) is 3.60. The van der Waals surface area contributed by atoms with Crippen molar-refractivity contribution in [3.63, 3.8) is 0 Å². The summed E-state index contributed by atoms with van der Waals surface area (Å²) >= 11 is 2.35. The van der Waals surface area contributed by atoms with Gasteiger partial charge in [-0.25, -0.2) is 0 Å². The first-order valence-electron chi connectivity index (χ1n) is 6.68. The van der Waals surface area contributed by atoms with Crippen molar-refractivity contribution in [1.29, 1.82) is 0 Å². The van der Waals surface area contributed by atoms with E-state index in [0.29, 0.717) is 0 Å². The smallest absolute Gasteiger partial charge is 0.0579 e. The van der Waals surface area contributed by atoms with E-state index >= 15 is 0 Å². The second-order valence-corrected chi connectivity index (χ2v) is 6.08. The third-order valence-electron chi connectivity index (χ3n) is 3.57. The van der Waals surface area contributed by atoms with Crippen molar-refractivity contribution in [1.82, 2.24) is 5.32 Å². The van der Waals surface area contributed by atoms with E-state index in [2.05, 4.69) is 91.1 Å². The third kappa shape index (κ3) is 3.37. The second kappa shape index (κ2) is 6.53. The van der Waals surface area contributed by atoms with Crippen LogP contribution in [0.15, 0.2) is 42.5 Å². The van der Waals surface area contributed by atoms with E-state index in [-0.39, 0.29) is 6.04 Å². The molecule has 0 saturated carbocycles. The Morgan fingerprint density at radius 3 is 2.37 bits per heavy atom. The van der Waals surface area contributed by atoms with Crippen molar-refractivity contribution in [2.24, 2.45) is 0 Å². The van der Waals surface area contributed by atoms with E-state index in [1.54, 1.807) is 0 Å². The van der Waals surface area contributed by atoms with Gasteiger partial charge >= 0.3 is 0 Å². The monoisotopic (exact) mass is 365 g/mol. The van der Waals surface area contributed by atoms with Crippen LogP contribution >= 0.6 is 22.6 Å². The van der Waals surface area contributed by atoms with Gasteiger partial charge in [0.2, 0.25) is 0 Å². The molecule has 0 bridgehead atoms. The largest absolute Gasteiger partial charge is 0.307 e. The third-order valence-corrected chi connectivity index (χ3v) is 4.29. The summed E-state index contributed by atoms with van der Waals surface area (Å²) in [6, 6.07) is 15.6. The van der Waals surface area contributed by atoms with Gasteiger partial charge in [0.1, 0.15) is 0 Å². The standard InChI is InChI=1S/C17H20IN/c1-4-19-17(14-8-10-15(18)11-9-14)16-7-5-6-12(2)13(16)3/h5-11,17,19H,4H2,1-3H3. The average molecular weight is 365 g/mol. The summed E-state index contributed by atoms with van der Waals surface area (Å²) in [6.07, 6.45) is 0. The second-order valence-electron chi connectivity index (χ2n) is 4.83. The zero-order chi connectivity index (χ0) is 13.8. The number of hydrogen-bond donors (Lipinski definition) is 1. The maximum Gasteiger partial charge on any atom is 0.0579 e. The van der Waals surface area contributed by atoms with Crippen molar-refractivity contribution in [3.05, 3.63) is 68.3 Å². The fraction of sp³-hybridized carbons (Fsp3) is 0.294. The summed E-state index contributed by atoms with van der Waals surface area (Å²) in [4.78, 5) is 0. The molecule has 2 aromatic rings. The van der Waals surface area contributed by atoms with Gasteiger partial charge in [0.25, 0.3) is 0 Å². The first-order chi connectivity index (χ1) is 9.13. The molecule has 0 spiro atoms. The highest BCUT2D eigenvalue weighted by Crippen LogP contribution is 2.27. The van der Waals surface area contributed by atoms with Gasteiger partial charge in [-0.3, -0.25) is 0 Å². The van der Waals surface area contributed by atoms with Gasteiger partial charge < -0.3 is 5.32 Å². The van der Waals surface area contributed by atoms with E-state index in [0.717, 1.165) is 6.54 Å². The normalized spacial score (nSPS) is 12.4. The number of nitrogens with one attached hydrogen (secondary N) is 1. The van der Waals surface area contributed by atoms with Crippen LogP contribution in [0, 0.1) is 17.4 Å². The van der Waals surface area contributed by atoms with Gasteiger partial charge in [-0.05, 0) is 77.4 Å². The van der Waals surface area contributed by atoms with Crippen LogP contribution in [0.1, 0.15) is 35.2 Å². The Morgan fingerprint density at radius 2 is 1.74 bits per heavy atom. The molecule has 2 aromatic carbocycles. The van der Waals surface area contributed by atoms with Crippen LogP contribution < -0.4 is 5.32 Å². The minimum atomic E-state index is 0.280. The van der Waals surface area contributed by atoms with Crippen LogP contribution in [-0.2, 0) is 0 Å². The van der Waals surface area contributed by atoms with Gasteiger partial charge in [0, 0.05) is 3.57 Å². The molecule has 0 amide bonds.